The van der Waals surface area contributed by atoms with E-state index < -0.39 is 0 Å². The van der Waals surface area contributed by atoms with Crippen molar-refractivity contribution in [2.45, 2.75) is 58.0 Å². The van der Waals surface area contributed by atoms with Crippen LogP contribution in [0.4, 0.5) is 11.4 Å². The summed E-state index contributed by atoms with van der Waals surface area (Å²) in [4.78, 5) is 26.5. The third-order valence-corrected chi connectivity index (χ3v) is 4.68. The largest absolute Gasteiger partial charge is 0.324 e. The summed E-state index contributed by atoms with van der Waals surface area (Å²) >= 11 is 0. The topological polar surface area (TPSA) is 73.5 Å². The number of piperidine rings is 1. The molecule has 1 aliphatic rings. The van der Waals surface area contributed by atoms with Gasteiger partial charge in [0.2, 0.25) is 11.8 Å². The van der Waals surface area contributed by atoms with Crippen molar-refractivity contribution in [2.75, 3.05) is 31.3 Å². The van der Waals surface area contributed by atoms with Gasteiger partial charge in [-0.25, -0.2) is 0 Å². The molecule has 0 radical (unpaired) electrons. The molecule has 1 saturated heterocycles. The Balaban J connectivity index is 2.01. The maximum absolute atomic E-state index is 12.7. The predicted molar refractivity (Wildman–Crippen MR) is 111 cm³/mol. The van der Waals surface area contributed by atoms with Gasteiger partial charge in [0.25, 0.3) is 0 Å². The van der Waals surface area contributed by atoms with Gasteiger partial charge >= 0.3 is 0 Å². The van der Waals surface area contributed by atoms with Gasteiger partial charge in [-0.1, -0.05) is 12.1 Å². The molecule has 1 aromatic rings. The number of carbonyl (C=O) groups excluding carboxylic acids is 2. The van der Waals surface area contributed by atoms with E-state index in [2.05, 4.69) is 43.6 Å². The SMILES string of the molecule is CN(C)CC(=O)Nc1ccccc1NC(=O)CC1CC(C)(C)NC(C)(C)C1. The second kappa shape index (κ2) is 8.40. The first-order valence-electron chi connectivity index (χ1n) is 9.59. The number of anilines is 2. The fourth-order valence-corrected chi connectivity index (χ4v) is 4.32. The van der Waals surface area contributed by atoms with Crippen LogP contribution in [-0.2, 0) is 9.59 Å². The van der Waals surface area contributed by atoms with Crippen molar-refractivity contribution >= 4 is 23.2 Å². The number of para-hydroxylation sites is 2. The highest BCUT2D eigenvalue weighted by Gasteiger charge is 2.38. The number of amides is 2. The number of carbonyl (C=O) groups is 2. The summed E-state index contributed by atoms with van der Waals surface area (Å²) in [7, 11) is 3.69. The van der Waals surface area contributed by atoms with Crippen LogP contribution >= 0.6 is 0 Å². The summed E-state index contributed by atoms with van der Waals surface area (Å²) < 4.78 is 0. The Hall–Kier alpha value is -1.92. The Morgan fingerprint density at radius 3 is 1.96 bits per heavy atom. The highest BCUT2D eigenvalue weighted by Crippen LogP contribution is 2.35. The average Bonchev–Trinajstić information content (AvgIpc) is 2.44. The molecule has 150 valence electrons. The van der Waals surface area contributed by atoms with E-state index in [4.69, 9.17) is 0 Å². The van der Waals surface area contributed by atoms with Gasteiger partial charge in [-0.05, 0) is 72.7 Å². The summed E-state index contributed by atoms with van der Waals surface area (Å²) in [5, 5.41) is 9.50. The van der Waals surface area contributed by atoms with Crippen LogP contribution in [0.2, 0.25) is 0 Å². The van der Waals surface area contributed by atoms with Crippen LogP contribution in [0, 0.1) is 5.92 Å². The quantitative estimate of drug-likeness (QED) is 0.715. The molecule has 1 fully saturated rings. The van der Waals surface area contributed by atoms with Gasteiger partial charge in [0, 0.05) is 17.5 Å². The van der Waals surface area contributed by atoms with Crippen molar-refractivity contribution in [2.24, 2.45) is 5.92 Å². The summed E-state index contributed by atoms with van der Waals surface area (Å²) in [6.45, 7) is 9.05. The van der Waals surface area contributed by atoms with E-state index in [1.165, 1.54) is 0 Å². The third kappa shape index (κ3) is 6.96. The molecule has 0 bridgehead atoms. The lowest BCUT2D eigenvalue weighted by Crippen LogP contribution is -2.58. The molecule has 2 rings (SSSR count). The van der Waals surface area contributed by atoms with Crippen molar-refractivity contribution < 1.29 is 9.59 Å². The molecule has 0 spiro atoms. The molecule has 2 amide bonds. The summed E-state index contributed by atoms with van der Waals surface area (Å²) in [6.07, 6.45) is 2.41. The van der Waals surface area contributed by atoms with Gasteiger partial charge in [-0.2, -0.15) is 0 Å². The van der Waals surface area contributed by atoms with Gasteiger partial charge in [0.05, 0.1) is 17.9 Å². The molecule has 27 heavy (non-hydrogen) atoms. The molecule has 1 heterocycles. The zero-order chi connectivity index (χ0) is 20.2. The highest BCUT2D eigenvalue weighted by atomic mass is 16.2. The molecular formula is C21H34N4O2. The number of nitrogens with zero attached hydrogens (tertiary/aromatic N) is 1. The van der Waals surface area contributed by atoms with Crippen molar-refractivity contribution in [1.82, 2.24) is 10.2 Å². The predicted octanol–water partition coefficient (Wildman–Crippen LogP) is 3.07. The van der Waals surface area contributed by atoms with E-state index in [-0.39, 0.29) is 22.9 Å². The first kappa shape index (κ1) is 21.4. The second-order valence-electron chi connectivity index (χ2n) is 9.25. The van der Waals surface area contributed by atoms with E-state index in [1.807, 2.05) is 32.3 Å². The average molecular weight is 375 g/mol. The molecular weight excluding hydrogens is 340 g/mol. The zero-order valence-electron chi connectivity index (χ0n) is 17.5. The van der Waals surface area contributed by atoms with E-state index in [0.29, 0.717) is 30.3 Å². The van der Waals surface area contributed by atoms with E-state index in [1.54, 1.807) is 11.0 Å². The maximum atomic E-state index is 12.7. The first-order chi connectivity index (χ1) is 12.5. The fraction of sp³-hybridized carbons (Fsp3) is 0.619. The van der Waals surface area contributed by atoms with Crippen LogP contribution in [-0.4, -0.2) is 48.4 Å². The van der Waals surface area contributed by atoms with Crippen molar-refractivity contribution in [1.29, 1.82) is 0 Å². The van der Waals surface area contributed by atoms with Crippen LogP contribution in [0.3, 0.4) is 0 Å². The minimum absolute atomic E-state index is 0.0113. The molecule has 6 heteroatoms. The van der Waals surface area contributed by atoms with E-state index in [9.17, 15) is 9.59 Å². The van der Waals surface area contributed by atoms with Crippen LogP contribution in [0.25, 0.3) is 0 Å². The lowest BCUT2D eigenvalue weighted by atomic mass is 9.74. The molecule has 0 saturated carbocycles. The number of hydrogen-bond donors (Lipinski definition) is 3. The van der Waals surface area contributed by atoms with Crippen molar-refractivity contribution in [3.8, 4) is 0 Å². The van der Waals surface area contributed by atoms with Gasteiger partial charge in [0.15, 0.2) is 0 Å². The number of hydrogen-bond acceptors (Lipinski definition) is 4. The number of rotatable bonds is 6. The smallest absolute Gasteiger partial charge is 0.238 e. The summed E-state index contributed by atoms with van der Waals surface area (Å²) in [5.74, 6) is 0.207. The monoisotopic (exact) mass is 374 g/mol. The van der Waals surface area contributed by atoms with Crippen LogP contribution in [0.1, 0.15) is 47.0 Å². The minimum Gasteiger partial charge on any atom is -0.324 e. The molecule has 1 aromatic carbocycles. The van der Waals surface area contributed by atoms with Gasteiger partial charge < -0.3 is 20.9 Å². The Kier molecular flexibility index (Phi) is 6.65. The molecule has 0 unspecified atom stereocenters. The Morgan fingerprint density at radius 2 is 1.48 bits per heavy atom. The first-order valence-corrected chi connectivity index (χ1v) is 9.59. The summed E-state index contributed by atoms with van der Waals surface area (Å²) in [6, 6.07) is 7.33. The van der Waals surface area contributed by atoms with E-state index in [0.717, 1.165) is 12.8 Å². The van der Waals surface area contributed by atoms with Crippen molar-refractivity contribution in [3.05, 3.63) is 24.3 Å². The fourth-order valence-electron chi connectivity index (χ4n) is 4.32. The molecule has 0 atom stereocenters. The Morgan fingerprint density at radius 1 is 1.00 bits per heavy atom. The van der Waals surface area contributed by atoms with E-state index >= 15 is 0 Å². The lowest BCUT2D eigenvalue weighted by molar-refractivity contribution is -0.118. The third-order valence-electron chi connectivity index (χ3n) is 4.68. The molecule has 1 aliphatic heterocycles. The molecule has 0 aliphatic carbocycles. The maximum Gasteiger partial charge on any atom is 0.238 e. The normalized spacial score (nSPS) is 18.9. The van der Waals surface area contributed by atoms with Crippen LogP contribution < -0.4 is 16.0 Å². The van der Waals surface area contributed by atoms with Crippen molar-refractivity contribution in [3.63, 3.8) is 0 Å². The highest BCUT2D eigenvalue weighted by molar-refractivity contribution is 6.00. The molecule has 0 aromatic heterocycles. The zero-order valence-corrected chi connectivity index (χ0v) is 17.5. The number of nitrogens with one attached hydrogen (secondary N) is 3. The minimum atomic E-state index is -0.108. The van der Waals surface area contributed by atoms with Crippen LogP contribution in [0.5, 0.6) is 0 Å². The molecule has 6 nitrogen and oxygen atoms in total. The Labute approximate surface area is 163 Å². The Bertz CT molecular complexity index is 667. The van der Waals surface area contributed by atoms with Gasteiger partial charge in [-0.15, -0.1) is 0 Å². The number of benzene rings is 1. The van der Waals surface area contributed by atoms with Crippen LogP contribution in [0.15, 0.2) is 24.3 Å². The standard InChI is InChI=1S/C21H34N4O2/c1-20(2)12-15(13-21(3,4)24-20)11-18(26)22-16-9-7-8-10-17(16)23-19(27)14-25(5)6/h7-10,15,24H,11-14H2,1-6H3,(H,22,26)(H,23,27). The van der Waals surface area contributed by atoms with Gasteiger partial charge in [0.1, 0.15) is 0 Å². The summed E-state index contributed by atoms with van der Waals surface area (Å²) in [5.41, 5.74) is 1.31. The lowest BCUT2D eigenvalue weighted by Gasteiger charge is -2.46. The molecule has 3 N–H and O–H groups in total. The number of likely N-dealkylation sites (N-methyl/N-ethyl adjacent to an activating group) is 1. The van der Waals surface area contributed by atoms with Gasteiger partial charge in [-0.3, -0.25) is 9.59 Å². The second-order valence-corrected chi connectivity index (χ2v) is 9.25.